The van der Waals surface area contributed by atoms with Crippen molar-refractivity contribution in [2.45, 2.75) is 41.5 Å². The van der Waals surface area contributed by atoms with E-state index in [0.29, 0.717) is 5.56 Å². The van der Waals surface area contributed by atoms with Crippen LogP contribution >= 0.6 is 0 Å². The van der Waals surface area contributed by atoms with Crippen LogP contribution in [-0.4, -0.2) is 6.29 Å². The maximum absolute atomic E-state index is 14.0. The first-order valence-corrected chi connectivity index (χ1v) is 8.39. The third-order valence-electron chi connectivity index (χ3n) is 4.41. The highest BCUT2D eigenvalue weighted by atomic mass is 19.1. The standard InChI is InChI=1S/C22H27FO/c1-21(2,3)18-12-15(11-16-9-7-8-10-20(16)23)13-19(17(18)14-24)22(4,5)6/h7-14,17H,1-6H3. The molecule has 0 N–H and O–H groups in total. The molecule has 0 unspecified atom stereocenters. The number of rotatable bonds is 2. The number of hydrogen-bond donors (Lipinski definition) is 0. The number of benzene rings is 1. The van der Waals surface area contributed by atoms with E-state index in [1.807, 2.05) is 24.3 Å². The minimum Gasteiger partial charge on any atom is -0.302 e. The maximum atomic E-state index is 14.0. The Bertz CT molecular complexity index is 687. The molecule has 0 aromatic heterocycles. The second kappa shape index (κ2) is 6.51. The summed E-state index contributed by atoms with van der Waals surface area (Å²) in [4.78, 5) is 11.8. The molecule has 128 valence electrons. The van der Waals surface area contributed by atoms with Crippen molar-refractivity contribution in [3.63, 3.8) is 0 Å². The van der Waals surface area contributed by atoms with Crippen LogP contribution in [0.15, 0.2) is 53.1 Å². The summed E-state index contributed by atoms with van der Waals surface area (Å²) in [5.41, 5.74) is 3.38. The average molecular weight is 326 g/mol. The molecular weight excluding hydrogens is 299 g/mol. The lowest BCUT2D eigenvalue weighted by atomic mass is 9.67. The van der Waals surface area contributed by atoms with Crippen LogP contribution < -0.4 is 0 Å². The molecule has 0 fully saturated rings. The van der Waals surface area contributed by atoms with Gasteiger partial charge in [0, 0.05) is 5.56 Å². The molecule has 2 rings (SSSR count). The van der Waals surface area contributed by atoms with Crippen LogP contribution in [0.25, 0.3) is 6.08 Å². The predicted octanol–water partition coefficient (Wildman–Crippen LogP) is 5.98. The molecule has 0 spiro atoms. The van der Waals surface area contributed by atoms with Crippen molar-refractivity contribution >= 4 is 12.4 Å². The summed E-state index contributed by atoms with van der Waals surface area (Å²) >= 11 is 0. The molecule has 1 aromatic carbocycles. The molecule has 0 aliphatic heterocycles. The summed E-state index contributed by atoms with van der Waals surface area (Å²) < 4.78 is 14.0. The molecular formula is C22H27FO. The highest BCUT2D eigenvalue weighted by Crippen LogP contribution is 2.44. The van der Waals surface area contributed by atoms with Crippen LogP contribution in [0.4, 0.5) is 4.39 Å². The molecule has 0 amide bonds. The number of hydrogen-bond acceptors (Lipinski definition) is 1. The summed E-state index contributed by atoms with van der Waals surface area (Å²) in [7, 11) is 0. The third-order valence-corrected chi connectivity index (χ3v) is 4.41. The summed E-state index contributed by atoms with van der Waals surface area (Å²) in [6.07, 6.45) is 6.98. The van der Waals surface area contributed by atoms with Crippen molar-refractivity contribution in [3.05, 3.63) is 64.5 Å². The van der Waals surface area contributed by atoms with Gasteiger partial charge in [0.2, 0.25) is 0 Å². The fraction of sp³-hybridized carbons (Fsp3) is 0.409. The Balaban J connectivity index is 2.64. The highest BCUT2D eigenvalue weighted by molar-refractivity contribution is 5.72. The van der Waals surface area contributed by atoms with Crippen LogP contribution in [-0.2, 0) is 4.79 Å². The smallest absolute Gasteiger partial charge is 0.131 e. The van der Waals surface area contributed by atoms with Crippen molar-refractivity contribution in [3.8, 4) is 0 Å². The Labute approximate surface area is 145 Å². The second-order valence-corrected chi connectivity index (χ2v) is 8.48. The molecule has 1 aliphatic carbocycles. The number of halogens is 1. The maximum Gasteiger partial charge on any atom is 0.131 e. The zero-order chi connectivity index (χ0) is 18.1. The van der Waals surface area contributed by atoms with Gasteiger partial charge in [0.05, 0.1) is 5.92 Å². The van der Waals surface area contributed by atoms with E-state index in [0.717, 1.165) is 23.0 Å². The molecule has 2 heteroatoms. The van der Waals surface area contributed by atoms with Crippen molar-refractivity contribution < 1.29 is 9.18 Å². The minimum absolute atomic E-state index is 0.134. The first-order valence-electron chi connectivity index (χ1n) is 8.39. The van der Waals surface area contributed by atoms with E-state index >= 15 is 0 Å². The molecule has 1 nitrogen and oxygen atoms in total. The first-order chi connectivity index (χ1) is 11.0. The molecule has 1 aliphatic rings. The van der Waals surface area contributed by atoms with E-state index in [-0.39, 0.29) is 22.6 Å². The van der Waals surface area contributed by atoms with Crippen molar-refractivity contribution in [2.75, 3.05) is 0 Å². The van der Waals surface area contributed by atoms with Gasteiger partial charge in [0.25, 0.3) is 0 Å². The molecule has 0 atom stereocenters. The predicted molar refractivity (Wildman–Crippen MR) is 99.0 cm³/mol. The summed E-state index contributed by atoms with van der Waals surface area (Å²) in [6.45, 7) is 12.7. The zero-order valence-electron chi connectivity index (χ0n) is 15.5. The fourth-order valence-corrected chi connectivity index (χ4v) is 3.12. The molecule has 0 saturated heterocycles. The third kappa shape index (κ3) is 3.92. The van der Waals surface area contributed by atoms with Crippen molar-refractivity contribution in [1.29, 1.82) is 0 Å². The van der Waals surface area contributed by atoms with Gasteiger partial charge in [-0.05, 0) is 39.7 Å². The van der Waals surface area contributed by atoms with Gasteiger partial charge >= 0.3 is 0 Å². The Morgan fingerprint density at radius 2 is 1.42 bits per heavy atom. The molecule has 1 aromatic rings. The van der Waals surface area contributed by atoms with Gasteiger partial charge < -0.3 is 4.79 Å². The monoisotopic (exact) mass is 326 g/mol. The molecule has 24 heavy (non-hydrogen) atoms. The summed E-state index contributed by atoms with van der Waals surface area (Å²) in [5, 5.41) is 0. The summed E-state index contributed by atoms with van der Waals surface area (Å²) in [5.74, 6) is -0.457. The lowest BCUT2D eigenvalue weighted by molar-refractivity contribution is -0.109. The van der Waals surface area contributed by atoms with E-state index in [4.69, 9.17) is 0 Å². The van der Waals surface area contributed by atoms with E-state index in [2.05, 4.69) is 41.5 Å². The number of carbonyl (C=O) groups is 1. The largest absolute Gasteiger partial charge is 0.302 e. The highest BCUT2D eigenvalue weighted by Gasteiger charge is 2.35. The van der Waals surface area contributed by atoms with Gasteiger partial charge in [0.15, 0.2) is 0 Å². The van der Waals surface area contributed by atoms with Gasteiger partial charge in [-0.3, -0.25) is 0 Å². The average Bonchev–Trinajstić information content (AvgIpc) is 2.47. The fourth-order valence-electron chi connectivity index (χ4n) is 3.12. The topological polar surface area (TPSA) is 17.1 Å². The van der Waals surface area contributed by atoms with Gasteiger partial charge in [-0.15, -0.1) is 0 Å². The molecule has 0 heterocycles. The van der Waals surface area contributed by atoms with Crippen LogP contribution in [0.1, 0.15) is 47.1 Å². The van der Waals surface area contributed by atoms with E-state index in [9.17, 15) is 9.18 Å². The number of aldehydes is 1. The minimum atomic E-state index is -0.237. The Kier molecular flexibility index (Phi) is 4.98. The first kappa shape index (κ1) is 18.4. The number of allylic oxidation sites excluding steroid dienone is 5. The zero-order valence-corrected chi connectivity index (χ0v) is 15.5. The lowest BCUT2D eigenvalue weighted by Gasteiger charge is -2.37. The Hall–Kier alpha value is -1.96. The van der Waals surface area contributed by atoms with E-state index in [1.54, 1.807) is 12.1 Å². The Morgan fingerprint density at radius 3 is 1.83 bits per heavy atom. The Morgan fingerprint density at radius 1 is 0.917 bits per heavy atom. The SMILES string of the molecule is CC(C)(C)C1=CC(=Cc2ccccc2F)C=C(C(C)(C)C)C1C=O. The van der Waals surface area contributed by atoms with Crippen LogP contribution in [0.5, 0.6) is 0 Å². The van der Waals surface area contributed by atoms with Crippen molar-refractivity contribution in [1.82, 2.24) is 0 Å². The van der Waals surface area contributed by atoms with E-state index < -0.39 is 0 Å². The second-order valence-electron chi connectivity index (χ2n) is 8.48. The van der Waals surface area contributed by atoms with Crippen molar-refractivity contribution in [2.24, 2.45) is 16.7 Å². The van der Waals surface area contributed by atoms with Gasteiger partial charge in [-0.25, -0.2) is 4.39 Å². The lowest BCUT2D eigenvalue weighted by Crippen LogP contribution is -2.28. The van der Waals surface area contributed by atoms with Gasteiger partial charge in [-0.2, -0.15) is 0 Å². The van der Waals surface area contributed by atoms with E-state index in [1.165, 1.54) is 6.07 Å². The molecule has 0 saturated carbocycles. The molecule has 0 radical (unpaired) electrons. The van der Waals surface area contributed by atoms with Crippen LogP contribution in [0.3, 0.4) is 0 Å². The van der Waals surface area contributed by atoms with Crippen LogP contribution in [0, 0.1) is 22.6 Å². The number of carbonyl (C=O) groups excluding carboxylic acids is 1. The summed E-state index contributed by atoms with van der Waals surface area (Å²) in [6, 6.07) is 6.75. The van der Waals surface area contributed by atoms with Gasteiger partial charge in [-0.1, -0.05) is 71.9 Å². The normalized spacial score (nSPS) is 18.8. The van der Waals surface area contributed by atoms with Crippen LogP contribution in [0.2, 0.25) is 0 Å². The molecule has 0 bridgehead atoms. The van der Waals surface area contributed by atoms with Gasteiger partial charge in [0.1, 0.15) is 12.1 Å². The quantitative estimate of drug-likeness (QED) is 0.611.